The molecule has 4 aromatic rings. The van der Waals surface area contributed by atoms with Crippen molar-refractivity contribution in [3.05, 3.63) is 53.8 Å². The van der Waals surface area contributed by atoms with E-state index in [1.807, 2.05) is 24.3 Å². The Labute approximate surface area is 257 Å². The van der Waals surface area contributed by atoms with E-state index in [0.717, 1.165) is 55.9 Å². The molecule has 8 bridgehead atoms. The van der Waals surface area contributed by atoms with Crippen LogP contribution in [0.1, 0.15) is 39.5 Å². The molecular formula is C31H36ClN5O5S. The Kier molecular flexibility index (Phi) is 8.65. The second-order valence-electron chi connectivity index (χ2n) is 10.8. The van der Waals surface area contributed by atoms with Gasteiger partial charge in [-0.2, -0.15) is 0 Å². The highest BCUT2D eigenvalue weighted by Crippen LogP contribution is 2.38. The highest BCUT2D eigenvalue weighted by atomic mass is 35.5. The lowest BCUT2D eigenvalue weighted by Gasteiger charge is -2.31. The van der Waals surface area contributed by atoms with E-state index in [-0.39, 0.29) is 11.9 Å². The lowest BCUT2D eigenvalue weighted by molar-refractivity contribution is 0.122. The summed E-state index contributed by atoms with van der Waals surface area (Å²) in [5.74, 6) is 1.66. The maximum Gasteiger partial charge on any atom is 0.238 e. The molecule has 1 fully saturated rings. The summed E-state index contributed by atoms with van der Waals surface area (Å²) in [5.41, 5.74) is 3.32. The maximum atomic E-state index is 13.1. The number of nitrogens with one attached hydrogen (secondary N) is 1. The Balaban J connectivity index is 1.44. The third-order valence-corrected chi connectivity index (χ3v) is 9.73. The highest BCUT2D eigenvalue weighted by molar-refractivity contribution is 7.90. The van der Waals surface area contributed by atoms with Crippen molar-refractivity contribution in [2.75, 3.05) is 48.9 Å². The van der Waals surface area contributed by atoms with Gasteiger partial charge >= 0.3 is 0 Å². The number of halogens is 1. The van der Waals surface area contributed by atoms with Crippen molar-refractivity contribution in [1.29, 1.82) is 0 Å². The van der Waals surface area contributed by atoms with Crippen molar-refractivity contribution in [1.82, 2.24) is 13.9 Å². The number of morpholine rings is 1. The maximum absolute atomic E-state index is 13.1. The Bertz CT molecular complexity index is 1720. The molecule has 5 heterocycles. The summed E-state index contributed by atoms with van der Waals surface area (Å²) in [6, 6.07) is 11.5. The molecule has 1 N–H and O–H groups in total. The summed E-state index contributed by atoms with van der Waals surface area (Å²) in [7, 11) is -3.62. The minimum Gasteiger partial charge on any atom is -0.494 e. The summed E-state index contributed by atoms with van der Waals surface area (Å²) in [6.45, 7) is 7.20. The number of rotatable bonds is 3. The van der Waals surface area contributed by atoms with Crippen molar-refractivity contribution in [2.24, 2.45) is 0 Å². The topological polar surface area (TPSA) is 108 Å². The number of ether oxygens (including phenoxy) is 3. The summed E-state index contributed by atoms with van der Waals surface area (Å²) in [5, 5.41) is 4.31. The van der Waals surface area contributed by atoms with Crippen LogP contribution in [0.25, 0.3) is 22.2 Å². The largest absolute Gasteiger partial charge is 0.494 e. The molecule has 43 heavy (non-hydrogen) atoms. The Morgan fingerprint density at radius 1 is 1.07 bits per heavy atom. The molecule has 0 amide bonds. The number of anilines is 3. The minimum absolute atomic E-state index is 0.0170. The van der Waals surface area contributed by atoms with Crippen molar-refractivity contribution in [3.63, 3.8) is 0 Å². The van der Waals surface area contributed by atoms with Gasteiger partial charge in [0.15, 0.2) is 0 Å². The van der Waals surface area contributed by atoms with Crippen LogP contribution < -0.4 is 19.7 Å². The molecule has 228 valence electrons. The van der Waals surface area contributed by atoms with E-state index in [9.17, 15) is 8.42 Å². The first-order chi connectivity index (χ1) is 20.8. The van der Waals surface area contributed by atoms with Gasteiger partial charge in [0.05, 0.1) is 59.8 Å². The smallest absolute Gasteiger partial charge is 0.238 e. The quantitative estimate of drug-likeness (QED) is 0.283. The molecule has 0 saturated carbocycles. The van der Waals surface area contributed by atoms with Gasteiger partial charge in [0.25, 0.3) is 0 Å². The third kappa shape index (κ3) is 6.39. The predicted molar refractivity (Wildman–Crippen MR) is 170 cm³/mol. The molecule has 12 heteroatoms. The fraction of sp³-hybridized carbons (Fsp3) is 0.419. The van der Waals surface area contributed by atoms with Crippen LogP contribution in [0.3, 0.4) is 0 Å². The molecule has 3 aliphatic heterocycles. The number of fused-ring (bicyclic) bond motifs is 8. The van der Waals surface area contributed by atoms with Crippen molar-refractivity contribution in [3.8, 4) is 22.8 Å². The van der Waals surface area contributed by atoms with E-state index < -0.39 is 10.0 Å². The Morgan fingerprint density at radius 2 is 1.91 bits per heavy atom. The predicted octanol–water partition coefficient (Wildman–Crippen LogP) is 6.25. The third-order valence-electron chi connectivity index (χ3n) is 7.83. The van der Waals surface area contributed by atoms with Gasteiger partial charge in [-0.3, -0.25) is 0 Å². The molecule has 1 atom stereocenters. The zero-order chi connectivity index (χ0) is 30.0. The molecule has 2 aromatic carbocycles. The zero-order valence-electron chi connectivity index (χ0n) is 24.4. The fourth-order valence-electron chi connectivity index (χ4n) is 5.50. The standard InChI is InChI=1S/C31H36ClN5O5S/c1-3-43(38,39)37-20-25-24-10-9-23(18-28(24)37)41-14-6-4-5-7-21(2)42-29-17-22(34-31-33-19-26(32)30(25)35-31)8-11-27(29)36-12-15-40-16-13-36/h8-11,17-21H,3-7,12-16H2,1-2H3,(H,33,34,35). The van der Waals surface area contributed by atoms with Gasteiger partial charge in [-0.25, -0.2) is 22.4 Å². The minimum atomic E-state index is -3.62. The van der Waals surface area contributed by atoms with E-state index in [1.54, 1.807) is 19.2 Å². The van der Waals surface area contributed by atoms with Crippen LogP contribution in [0.2, 0.25) is 5.02 Å². The van der Waals surface area contributed by atoms with Gasteiger partial charge in [-0.05, 0) is 63.8 Å². The lowest BCUT2D eigenvalue weighted by atomic mass is 10.1. The van der Waals surface area contributed by atoms with Crippen molar-refractivity contribution < 1.29 is 22.6 Å². The van der Waals surface area contributed by atoms with Crippen LogP contribution in [0.5, 0.6) is 11.5 Å². The molecular weight excluding hydrogens is 590 g/mol. The van der Waals surface area contributed by atoms with Crippen LogP contribution >= 0.6 is 11.6 Å². The number of hydrogen-bond acceptors (Lipinski definition) is 9. The van der Waals surface area contributed by atoms with E-state index >= 15 is 0 Å². The van der Waals surface area contributed by atoms with Crippen molar-refractivity contribution >= 4 is 49.9 Å². The van der Waals surface area contributed by atoms with Crippen LogP contribution in [0.15, 0.2) is 48.8 Å². The van der Waals surface area contributed by atoms with Gasteiger partial charge in [0, 0.05) is 48.1 Å². The van der Waals surface area contributed by atoms with Gasteiger partial charge in [0.2, 0.25) is 16.0 Å². The normalized spacial score (nSPS) is 18.2. The molecule has 0 radical (unpaired) electrons. The first kappa shape index (κ1) is 29.5. The van der Waals surface area contributed by atoms with E-state index in [1.165, 1.54) is 10.2 Å². The molecule has 1 unspecified atom stereocenters. The van der Waals surface area contributed by atoms with Crippen LogP contribution in [-0.2, 0) is 14.8 Å². The molecule has 10 nitrogen and oxygen atoms in total. The molecule has 0 spiro atoms. The molecule has 1 saturated heterocycles. The molecule has 3 aliphatic rings. The van der Waals surface area contributed by atoms with Gasteiger partial charge < -0.3 is 24.4 Å². The van der Waals surface area contributed by atoms with E-state index in [0.29, 0.717) is 58.7 Å². The number of hydrogen-bond donors (Lipinski definition) is 1. The fourth-order valence-corrected chi connectivity index (χ4v) is 6.69. The SMILES string of the molecule is CCS(=O)(=O)n1cc2c3ccc(cc31)OCCCCCC(C)Oc1cc(ccc1N1CCOCC1)Nc1ncc(Cl)c-2n1. The highest BCUT2D eigenvalue weighted by Gasteiger charge is 2.23. The number of aromatic nitrogens is 3. The summed E-state index contributed by atoms with van der Waals surface area (Å²) < 4.78 is 45.7. The first-order valence-corrected chi connectivity index (χ1v) is 16.8. The summed E-state index contributed by atoms with van der Waals surface area (Å²) >= 11 is 6.63. The van der Waals surface area contributed by atoms with Gasteiger partial charge in [-0.15, -0.1) is 0 Å². The second kappa shape index (κ2) is 12.6. The van der Waals surface area contributed by atoms with E-state index in [2.05, 4.69) is 28.2 Å². The van der Waals surface area contributed by atoms with Crippen LogP contribution in [-0.4, -0.2) is 67.1 Å². The summed E-state index contributed by atoms with van der Waals surface area (Å²) in [6.07, 6.45) is 6.89. The lowest BCUT2D eigenvalue weighted by Crippen LogP contribution is -2.36. The van der Waals surface area contributed by atoms with Crippen LogP contribution in [0, 0.1) is 0 Å². The van der Waals surface area contributed by atoms with Crippen molar-refractivity contribution in [2.45, 2.75) is 45.6 Å². The number of nitrogens with zero attached hydrogens (tertiary/aromatic N) is 4. The van der Waals surface area contributed by atoms with Crippen LogP contribution in [0.4, 0.5) is 17.3 Å². The molecule has 7 rings (SSSR count). The molecule has 2 aromatic heterocycles. The number of benzene rings is 2. The molecule has 0 aliphatic carbocycles. The average Bonchev–Trinajstić information content (AvgIpc) is 3.39. The summed E-state index contributed by atoms with van der Waals surface area (Å²) in [4.78, 5) is 11.5. The Hall–Kier alpha value is -3.54. The average molecular weight is 626 g/mol. The monoisotopic (exact) mass is 625 g/mol. The van der Waals surface area contributed by atoms with Gasteiger partial charge in [-0.1, -0.05) is 11.6 Å². The Morgan fingerprint density at radius 3 is 2.72 bits per heavy atom. The first-order valence-electron chi connectivity index (χ1n) is 14.8. The second-order valence-corrected chi connectivity index (χ2v) is 13.4. The van der Waals surface area contributed by atoms with Gasteiger partial charge in [0.1, 0.15) is 11.5 Å². The van der Waals surface area contributed by atoms with E-state index in [4.69, 9.17) is 30.8 Å². The zero-order valence-corrected chi connectivity index (χ0v) is 26.0.